The van der Waals surface area contributed by atoms with Crippen molar-refractivity contribution in [3.63, 3.8) is 0 Å². The third-order valence-electron chi connectivity index (χ3n) is 4.74. The number of nitrogens with zero attached hydrogens (tertiary/aromatic N) is 3. The zero-order valence-electron chi connectivity index (χ0n) is 18.6. The van der Waals surface area contributed by atoms with Crippen molar-refractivity contribution in [3.05, 3.63) is 82.4 Å². The monoisotopic (exact) mass is 430 g/mol. The number of nitrogens with one attached hydrogen (secondary N) is 1. The summed E-state index contributed by atoms with van der Waals surface area (Å²) in [6.45, 7) is 7.82. The van der Waals surface area contributed by atoms with Crippen molar-refractivity contribution in [1.82, 2.24) is 5.43 Å². The first kappa shape index (κ1) is 22.7. The first-order valence-electron chi connectivity index (χ1n) is 10.1. The van der Waals surface area contributed by atoms with E-state index in [1.165, 1.54) is 17.8 Å². The molecule has 0 spiro atoms. The van der Waals surface area contributed by atoms with E-state index in [9.17, 15) is 9.90 Å². The number of rotatable bonds is 7. The molecule has 0 radical (unpaired) electrons. The van der Waals surface area contributed by atoms with Gasteiger partial charge < -0.3 is 9.84 Å². The van der Waals surface area contributed by atoms with Crippen LogP contribution in [-0.2, 0) is 4.79 Å². The number of aryl methyl sites for hydroxylation is 4. The van der Waals surface area contributed by atoms with Gasteiger partial charge in [0.1, 0.15) is 11.5 Å². The van der Waals surface area contributed by atoms with Gasteiger partial charge in [0.05, 0.1) is 17.6 Å². The second kappa shape index (κ2) is 10.3. The average molecular weight is 431 g/mol. The van der Waals surface area contributed by atoms with Gasteiger partial charge in [-0.15, -0.1) is 0 Å². The molecule has 0 saturated heterocycles. The summed E-state index contributed by atoms with van der Waals surface area (Å²) in [7, 11) is 0. The fourth-order valence-electron chi connectivity index (χ4n) is 2.98. The fraction of sp³-hybridized carbons (Fsp3) is 0.200. The summed E-state index contributed by atoms with van der Waals surface area (Å²) in [6.07, 6.45) is 1.35. The number of aromatic hydroxyl groups is 1. The van der Waals surface area contributed by atoms with Crippen LogP contribution in [0.2, 0.25) is 0 Å². The number of carbonyl (C=O) groups is 1. The molecule has 0 aromatic heterocycles. The van der Waals surface area contributed by atoms with Gasteiger partial charge in [0.15, 0.2) is 6.61 Å². The van der Waals surface area contributed by atoms with Gasteiger partial charge in [-0.2, -0.15) is 15.3 Å². The molecule has 0 heterocycles. The van der Waals surface area contributed by atoms with E-state index < -0.39 is 5.91 Å². The number of ether oxygens (including phenoxy) is 1. The molecule has 0 aliphatic carbocycles. The van der Waals surface area contributed by atoms with Crippen LogP contribution in [0, 0.1) is 27.7 Å². The predicted molar refractivity (Wildman–Crippen MR) is 125 cm³/mol. The number of hydrazone groups is 1. The zero-order valence-corrected chi connectivity index (χ0v) is 18.6. The number of benzene rings is 3. The molecule has 2 N–H and O–H groups in total. The van der Waals surface area contributed by atoms with Gasteiger partial charge in [0.2, 0.25) is 0 Å². The van der Waals surface area contributed by atoms with Crippen LogP contribution in [-0.4, -0.2) is 23.8 Å². The number of hydrogen-bond acceptors (Lipinski definition) is 6. The summed E-state index contributed by atoms with van der Waals surface area (Å²) in [5.74, 6) is 0.228. The number of phenolic OH excluding ortho intramolecular Hbond substituents is 1. The quantitative estimate of drug-likeness (QED) is 0.291. The molecule has 0 aliphatic rings. The van der Waals surface area contributed by atoms with E-state index in [1.807, 2.05) is 64.1 Å². The Hall–Kier alpha value is -4.00. The lowest BCUT2D eigenvalue weighted by Gasteiger charge is -2.07. The molecule has 3 rings (SSSR count). The van der Waals surface area contributed by atoms with Gasteiger partial charge in [-0.1, -0.05) is 12.1 Å². The normalized spacial score (nSPS) is 11.2. The highest BCUT2D eigenvalue weighted by Gasteiger charge is 2.04. The Morgan fingerprint density at radius 3 is 2.25 bits per heavy atom. The Labute approximate surface area is 187 Å². The lowest BCUT2D eigenvalue weighted by atomic mass is 10.1. The van der Waals surface area contributed by atoms with Crippen LogP contribution >= 0.6 is 0 Å². The third kappa shape index (κ3) is 6.50. The van der Waals surface area contributed by atoms with Crippen LogP contribution in [0.4, 0.5) is 11.4 Å². The highest BCUT2D eigenvalue weighted by atomic mass is 16.5. The van der Waals surface area contributed by atoms with Crippen LogP contribution in [0.25, 0.3) is 0 Å². The number of hydrogen-bond donors (Lipinski definition) is 2. The van der Waals surface area contributed by atoms with Crippen LogP contribution in [0.3, 0.4) is 0 Å². The molecule has 1 amide bonds. The van der Waals surface area contributed by atoms with E-state index >= 15 is 0 Å². The summed E-state index contributed by atoms with van der Waals surface area (Å²) in [5.41, 5.74) is 8.52. The van der Waals surface area contributed by atoms with Gasteiger partial charge in [0.25, 0.3) is 5.91 Å². The van der Waals surface area contributed by atoms with Crippen molar-refractivity contribution < 1.29 is 14.6 Å². The Kier molecular flexibility index (Phi) is 7.33. The molecular formula is C25H26N4O3. The summed E-state index contributed by atoms with van der Waals surface area (Å²) in [5, 5.41) is 22.4. The molecular weight excluding hydrogens is 404 g/mol. The molecule has 0 aliphatic heterocycles. The van der Waals surface area contributed by atoms with Gasteiger partial charge >= 0.3 is 0 Å². The Bertz CT molecular complexity index is 1170. The fourth-order valence-corrected chi connectivity index (χ4v) is 2.98. The Balaban J connectivity index is 1.59. The first-order chi connectivity index (χ1) is 15.3. The Morgan fingerprint density at radius 2 is 1.56 bits per heavy atom. The molecule has 164 valence electrons. The van der Waals surface area contributed by atoms with Crippen molar-refractivity contribution >= 4 is 23.5 Å². The van der Waals surface area contributed by atoms with E-state index in [-0.39, 0.29) is 12.4 Å². The summed E-state index contributed by atoms with van der Waals surface area (Å²) >= 11 is 0. The van der Waals surface area contributed by atoms with Crippen molar-refractivity contribution in [2.75, 3.05) is 6.61 Å². The van der Waals surface area contributed by atoms with Crippen molar-refractivity contribution in [3.8, 4) is 11.5 Å². The summed E-state index contributed by atoms with van der Waals surface area (Å²) < 4.78 is 5.50. The number of carbonyl (C=O) groups excluding carboxylic acids is 1. The van der Waals surface area contributed by atoms with E-state index in [1.54, 1.807) is 12.1 Å². The highest BCUT2D eigenvalue weighted by Crippen LogP contribution is 2.25. The van der Waals surface area contributed by atoms with Gasteiger partial charge in [0, 0.05) is 5.56 Å². The number of azo groups is 1. The zero-order chi connectivity index (χ0) is 23.1. The van der Waals surface area contributed by atoms with Gasteiger partial charge in [-0.05, 0) is 92.4 Å². The van der Waals surface area contributed by atoms with E-state index in [4.69, 9.17) is 4.74 Å². The largest absolute Gasteiger partial charge is 0.507 e. The van der Waals surface area contributed by atoms with Crippen molar-refractivity contribution in [1.29, 1.82) is 0 Å². The lowest BCUT2D eigenvalue weighted by molar-refractivity contribution is -0.123. The molecule has 0 fully saturated rings. The second-order valence-corrected chi connectivity index (χ2v) is 7.62. The first-order valence-corrected chi connectivity index (χ1v) is 10.1. The number of phenols is 1. The van der Waals surface area contributed by atoms with E-state index in [0.717, 1.165) is 22.4 Å². The standard InChI is InChI=1S/C25H26N4O3/c1-16-9-17(2)11-23(10-16)32-15-25(31)29-26-14-20-13-22(7-8-24(20)30)28-27-21-6-5-18(3)19(4)12-21/h5-14,30H,15H2,1-4H3,(H,29,31)/b26-14+,28-27?. The van der Waals surface area contributed by atoms with Gasteiger partial charge in [-0.25, -0.2) is 5.43 Å². The summed E-state index contributed by atoms with van der Waals surface area (Å²) in [4.78, 5) is 12.0. The highest BCUT2D eigenvalue weighted by molar-refractivity contribution is 5.86. The molecule has 0 unspecified atom stereocenters. The molecule has 7 nitrogen and oxygen atoms in total. The maximum Gasteiger partial charge on any atom is 0.277 e. The molecule has 3 aromatic rings. The minimum Gasteiger partial charge on any atom is -0.507 e. The minimum atomic E-state index is -0.412. The predicted octanol–water partition coefficient (Wildman–Crippen LogP) is 5.57. The van der Waals surface area contributed by atoms with Crippen LogP contribution in [0.1, 0.15) is 27.8 Å². The molecule has 0 saturated carbocycles. The Morgan fingerprint density at radius 1 is 0.906 bits per heavy atom. The van der Waals surface area contributed by atoms with Crippen LogP contribution in [0.5, 0.6) is 11.5 Å². The van der Waals surface area contributed by atoms with E-state index in [2.05, 4.69) is 20.8 Å². The van der Waals surface area contributed by atoms with Gasteiger partial charge in [-0.3, -0.25) is 4.79 Å². The molecule has 7 heteroatoms. The van der Waals surface area contributed by atoms with Crippen LogP contribution in [0.15, 0.2) is 69.9 Å². The summed E-state index contributed by atoms with van der Waals surface area (Å²) in [6, 6.07) is 16.4. The average Bonchev–Trinajstić information content (AvgIpc) is 2.74. The smallest absolute Gasteiger partial charge is 0.277 e. The third-order valence-corrected chi connectivity index (χ3v) is 4.74. The second-order valence-electron chi connectivity index (χ2n) is 7.62. The molecule has 3 aromatic carbocycles. The molecule has 0 bridgehead atoms. The van der Waals surface area contributed by atoms with Crippen LogP contribution < -0.4 is 10.2 Å². The minimum absolute atomic E-state index is 0.0135. The SMILES string of the molecule is Cc1cc(C)cc(OCC(=O)N/N=C/c2cc(N=Nc3ccc(C)c(C)c3)ccc2O)c1. The maximum atomic E-state index is 12.0. The lowest BCUT2D eigenvalue weighted by Crippen LogP contribution is -2.24. The molecule has 32 heavy (non-hydrogen) atoms. The number of amides is 1. The molecule has 0 atom stereocenters. The van der Waals surface area contributed by atoms with E-state index in [0.29, 0.717) is 17.0 Å². The van der Waals surface area contributed by atoms with Crippen molar-refractivity contribution in [2.45, 2.75) is 27.7 Å². The topological polar surface area (TPSA) is 95.6 Å². The van der Waals surface area contributed by atoms with Crippen molar-refractivity contribution in [2.24, 2.45) is 15.3 Å². The maximum absolute atomic E-state index is 12.0.